The molecule has 0 bridgehead atoms. The van der Waals surface area contributed by atoms with E-state index in [9.17, 15) is 22.8 Å². The van der Waals surface area contributed by atoms with Gasteiger partial charge in [-0.25, -0.2) is 9.97 Å². The normalized spacial score (nSPS) is 11.0. The molecule has 1 heterocycles. The van der Waals surface area contributed by atoms with Crippen LogP contribution in [0, 0.1) is 0 Å². The highest BCUT2D eigenvalue weighted by molar-refractivity contribution is 6.32. The van der Waals surface area contributed by atoms with Gasteiger partial charge in [-0.3, -0.25) is 20.4 Å². The van der Waals surface area contributed by atoms with E-state index in [-0.39, 0.29) is 16.4 Å². The largest absolute Gasteiger partial charge is 0.416 e. The number of alkyl halides is 3. The van der Waals surface area contributed by atoms with E-state index in [2.05, 4.69) is 9.97 Å². The van der Waals surface area contributed by atoms with E-state index < -0.39 is 23.6 Å². The van der Waals surface area contributed by atoms with Crippen LogP contribution in [0.3, 0.4) is 0 Å². The molecule has 0 saturated heterocycles. The topological polar surface area (TPSA) is 84.0 Å². The fraction of sp³-hybridized carbons (Fsp3) is 0.0769. The highest BCUT2D eigenvalue weighted by atomic mass is 35.5. The van der Waals surface area contributed by atoms with Crippen LogP contribution in [0.1, 0.15) is 26.4 Å². The zero-order valence-electron chi connectivity index (χ0n) is 11.2. The van der Waals surface area contributed by atoms with E-state index in [1.807, 2.05) is 10.9 Å². The number of nitrogens with zero attached hydrogens (tertiary/aromatic N) is 2. The highest BCUT2D eigenvalue weighted by Gasteiger charge is 2.30. The van der Waals surface area contributed by atoms with E-state index >= 15 is 0 Å². The lowest BCUT2D eigenvalue weighted by atomic mass is 10.1. The fourth-order valence-electron chi connectivity index (χ4n) is 1.56. The minimum absolute atomic E-state index is 0.182. The van der Waals surface area contributed by atoms with Crippen molar-refractivity contribution in [3.05, 3.63) is 58.6 Å². The van der Waals surface area contributed by atoms with Crippen LogP contribution in [0.4, 0.5) is 13.2 Å². The summed E-state index contributed by atoms with van der Waals surface area (Å²) in [5.74, 6) is -1.78. The van der Waals surface area contributed by atoms with Gasteiger partial charge in [0.25, 0.3) is 11.8 Å². The number of benzene rings is 1. The van der Waals surface area contributed by atoms with Crippen LogP contribution in [-0.4, -0.2) is 21.8 Å². The molecular formula is C13H8ClF3N4O2. The number of hydrogen-bond donors (Lipinski definition) is 2. The van der Waals surface area contributed by atoms with Gasteiger partial charge >= 0.3 is 6.18 Å². The van der Waals surface area contributed by atoms with E-state index in [0.717, 1.165) is 12.1 Å². The van der Waals surface area contributed by atoms with Crippen molar-refractivity contribution in [3.63, 3.8) is 0 Å². The Morgan fingerprint density at radius 3 is 2.35 bits per heavy atom. The van der Waals surface area contributed by atoms with Crippen molar-refractivity contribution in [2.45, 2.75) is 6.18 Å². The molecule has 1 aromatic carbocycles. The molecule has 6 nitrogen and oxygen atoms in total. The van der Waals surface area contributed by atoms with E-state index in [1.165, 1.54) is 18.5 Å². The summed E-state index contributed by atoms with van der Waals surface area (Å²) in [6, 6.07) is 3.75. The van der Waals surface area contributed by atoms with Gasteiger partial charge in [0, 0.05) is 18.0 Å². The molecular weight excluding hydrogens is 337 g/mol. The number of rotatable bonds is 2. The zero-order chi connectivity index (χ0) is 17.0. The Bertz CT molecular complexity index is 752. The van der Waals surface area contributed by atoms with Crippen LogP contribution >= 0.6 is 11.6 Å². The molecule has 0 radical (unpaired) electrons. The lowest BCUT2D eigenvalue weighted by Crippen LogP contribution is -2.42. The van der Waals surface area contributed by atoms with Gasteiger partial charge in [0.1, 0.15) is 0 Å². The summed E-state index contributed by atoms with van der Waals surface area (Å²) in [7, 11) is 0. The van der Waals surface area contributed by atoms with Gasteiger partial charge in [0.15, 0.2) is 10.8 Å². The molecule has 23 heavy (non-hydrogen) atoms. The molecule has 0 spiro atoms. The average molecular weight is 345 g/mol. The van der Waals surface area contributed by atoms with Crippen LogP contribution in [0.2, 0.25) is 5.15 Å². The minimum Gasteiger partial charge on any atom is -0.267 e. The molecule has 0 saturated carbocycles. The Morgan fingerprint density at radius 2 is 1.70 bits per heavy atom. The minimum atomic E-state index is -4.58. The quantitative estimate of drug-likeness (QED) is 0.818. The third kappa shape index (κ3) is 4.16. The molecule has 2 amide bonds. The van der Waals surface area contributed by atoms with Gasteiger partial charge in [-0.05, 0) is 18.2 Å². The summed E-state index contributed by atoms with van der Waals surface area (Å²) in [5, 5.41) is -0.182. The van der Waals surface area contributed by atoms with Crippen molar-refractivity contribution in [2.24, 2.45) is 0 Å². The van der Waals surface area contributed by atoms with Crippen LogP contribution < -0.4 is 10.9 Å². The Balaban J connectivity index is 2.06. The molecule has 0 fully saturated rings. The monoisotopic (exact) mass is 344 g/mol. The van der Waals surface area contributed by atoms with Crippen molar-refractivity contribution in [1.29, 1.82) is 0 Å². The summed E-state index contributed by atoms with van der Waals surface area (Å²) < 4.78 is 37.7. The smallest absolute Gasteiger partial charge is 0.267 e. The lowest BCUT2D eigenvalue weighted by Gasteiger charge is -2.10. The maximum absolute atomic E-state index is 12.6. The average Bonchev–Trinajstić information content (AvgIpc) is 2.52. The van der Waals surface area contributed by atoms with Gasteiger partial charge < -0.3 is 0 Å². The summed E-state index contributed by atoms with van der Waals surface area (Å²) in [6.45, 7) is 0. The summed E-state index contributed by atoms with van der Waals surface area (Å²) >= 11 is 5.65. The Morgan fingerprint density at radius 1 is 1.04 bits per heavy atom. The SMILES string of the molecule is O=C(NNC(=O)c1nccnc1Cl)c1cccc(C(F)(F)F)c1. The zero-order valence-corrected chi connectivity index (χ0v) is 11.9. The number of carbonyl (C=O) groups is 2. The second kappa shape index (κ2) is 6.61. The summed E-state index contributed by atoms with van der Waals surface area (Å²) in [6.07, 6.45) is -2.09. The van der Waals surface area contributed by atoms with Gasteiger partial charge in [-0.15, -0.1) is 0 Å². The highest BCUT2D eigenvalue weighted by Crippen LogP contribution is 2.29. The maximum Gasteiger partial charge on any atom is 0.416 e. The predicted octanol–water partition coefficient (Wildman–Crippen LogP) is 2.22. The molecule has 2 N–H and O–H groups in total. The Kier molecular flexibility index (Phi) is 4.80. The molecule has 0 aliphatic rings. The fourth-order valence-corrected chi connectivity index (χ4v) is 1.75. The Labute approximate surface area is 132 Å². The van der Waals surface area contributed by atoms with Crippen molar-refractivity contribution >= 4 is 23.4 Å². The van der Waals surface area contributed by atoms with Crippen LogP contribution in [0.15, 0.2) is 36.7 Å². The Hall–Kier alpha value is -2.68. The maximum atomic E-state index is 12.6. The molecule has 120 valence electrons. The first-order valence-corrected chi connectivity index (χ1v) is 6.41. The second-order valence-corrected chi connectivity index (χ2v) is 4.54. The van der Waals surface area contributed by atoms with Crippen LogP contribution in [0.25, 0.3) is 0 Å². The van der Waals surface area contributed by atoms with Gasteiger partial charge in [0.05, 0.1) is 5.56 Å². The number of halogens is 4. The van der Waals surface area contributed by atoms with Gasteiger partial charge in [-0.2, -0.15) is 13.2 Å². The van der Waals surface area contributed by atoms with Crippen LogP contribution in [-0.2, 0) is 6.18 Å². The van der Waals surface area contributed by atoms with Crippen molar-refractivity contribution in [1.82, 2.24) is 20.8 Å². The molecule has 2 aromatic rings. The molecule has 2 rings (SSSR count). The number of hydrazine groups is 1. The molecule has 10 heteroatoms. The first-order chi connectivity index (χ1) is 10.8. The molecule has 0 atom stereocenters. The third-order valence-electron chi connectivity index (χ3n) is 2.61. The van der Waals surface area contributed by atoms with Gasteiger partial charge in [-0.1, -0.05) is 17.7 Å². The van der Waals surface area contributed by atoms with Crippen molar-refractivity contribution in [2.75, 3.05) is 0 Å². The van der Waals surface area contributed by atoms with E-state index in [4.69, 9.17) is 11.6 Å². The number of amides is 2. The molecule has 0 aliphatic heterocycles. The van der Waals surface area contributed by atoms with Crippen molar-refractivity contribution in [3.8, 4) is 0 Å². The van der Waals surface area contributed by atoms with Crippen LogP contribution in [0.5, 0.6) is 0 Å². The number of aromatic nitrogens is 2. The number of hydrogen-bond acceptors (Lipinski definition) is 4. The summed E-state index contributed by atoms with van der Waals surface area (Å²) in [5.41, 5.74) is 2.47. The van der Waals surface area contributed by atoms with Crippen molar-refractivity contribution < 1.29 is 22.8 Å². The third-order valence-corrected chi connectivity index (χ3v) is 2.89. The first-order valence-electron chi connectivity index (χ1n) is 6.03. The second-order valence-electron chi connectivity index (χ2n) is 4.18. The molecule has 0 aliphatic carbocycles. The van der Waals surface area contributed by atoms with E-state index in [1.54, 1.807) is 0 Å². The van der Waals surface area contributed by atoms with E-state index in [0.29, 0.717) is 6.07 Å². The number of nitrogens with one attached hydrogen (secondary N) is 2. The molecule has 1 aromatic heterocycles. The standard InChI is InChI=1S/C13H8ClF3N4O2/c14-10-9(18-4-5-19-10)12(23)21-20-11(22)7-2-1-3-8(6-7)13(15,16)17/h1-6H,(H,20,22)(H,21,23). The number of carbonyl (C=O) groups excluding carboxylic acids is 2. The predicted molar refractivity (Wildman–Crippen MR) is 73.4 cm³/mol. The lowest BCUT2D eigenvalue weighted by molar-refractivity contribution is -0.137. The summed E-state index contributed by atoms with van der Waals surface area (Å²) in [4.78, 5) is 30.8. The molecule has 0 unspecified atom stereocenters. The van der Waals surface area contributed by atoms with Gasteiger partial charge in [0.2, 0.25) is 0 Å². The first kappa shape index (κ1) is 16.7.